The normalized spacial score (nSPS) is 21.1. The topological polar surface area (TPSA) is 41.1 Å². The van der Waals surface area contributed by atoms with Crippen LogP contribution in [0.15, 0.2) is 48.5 Å². The Hall–Kier alpha value is -1.55. The van der Waals surface area contributed by atoms with E-state index in [1.165, 1.54) is 0 Å². The number of carbonyl (C=O) groups is 1. The van der Waals surface area contributed by atoms with Gasteiger partial charge in [0, 0.05) is 29.1 Å². The smallest absolute Gasteiger partial charge is 0.225 e. The first-order valence-electron chi connectivity index (χ1n) is 8.60. The summed E-state index contributed by atoms with van der Waals surface area (Å²) in [5, 5.41) is 7.74. The van der Waals surface area contributed by atoms with Crippen LogP contribution in [0.1, 0.15) is 36.4 Å². The average Bonchev–Trinajstić information content (AvgIpc) is 3.09. The predicted molar refractivity (Wildman–Crippen MR) is 103 cm³/mol. The summed E-state index contributed by atoms with van der Waals surface area (Å²) in [6.07, 6.45) is 0.851. The highest BCUT2D eigenvalue weighted by molar-refractivity contribution is 6.34. The Morgan fingerprint density at radius 2 is 1.84 bits per heavy atom. The van der Waals surface area contributed by atoms with Crippen LogP contribution in [0.25, 0.3) is 0 Å². The van der Waals surface area contributed by atoms with Gasteiger partial charge in [0.1, 0.15) is 0 Å². The summed E-state index contributed by atoms with van der Waals surface area (Å²) in [7, 11) is 0. The Bertz CT molecular complexity index is 715. The fourth-order valence-electron chi connectivity index (χ4n) is 3.48. The molecule has 132 valence electrons. The quantitative estimate of drug-likeness (QED) is 0.802. The summed E-state index contributed by atoms with van der Waals surface area (Å²) in [6, 6.07) is 15.6. The second kappa shape index (κ2) is 8.22. The molecule has 0 bridgehead atoms. The molecule has 2 aromatic carbocycles. The summed E-state index contributed by atoms with van der Waals surface area (Å²) in [4.78, 5) is 12.9. The Morgan fingerprint density at radius 1 is 1.16 bits per heavy atom. The zero-order valence-electron chi connectivity index (χ0n) is 14.1. The van der Waals surface area contributed by atoms with Crippen molar-refractivity contribution >= 4 is 29.1 Å². The van der Waals surface area contributed by atoms with E-state index in [0.29, 0.717) is 16.6 Å². The molecular weight excluding hydrogens is 355 g/mol. The summed E-state index contributed by atoms with van der Waals surface area (Å²) in [5.41, 5.74) is 2.14. The van der Waals surface area contributed by atoms with Crippen molar-refractivity contribution in [2.75, 3.05) is 13.1 Å². The Morgan fingerprint density at radius 3 is 2.48 bits per heavy atom. The van der Waals surface area contributed by atoms with Gasteiger partial charge >= 0.3 is 0 Å². The molecule has 5 heteroatoms. The second-order valence-corrected chi connectivity index (χ2v) is 7.33. The van der Waals surface area contributed by atoms with Gasteiger partial charge in [0.15, 0.2) is 0 Å². The molecule has 0 unspecified atom stereocenters. The number of benzene rings is 2. The molecule has 25 heavy (non-hydrogen) atoms. The van der Waals surface area contributed by atoms with Crippen molar-refractivity contribution in [3.63, 3.8) is 0 Å². The lowest BCUT2D eigenvalue weighted by molar-refractivity contribution is -0.125. The Balaban J connectivity index is 1.76. The standard InChI is InChI=1S/C20H22Cl2N2O/c1-2-19(13-6-4-3-5-7-13)24-20(25)18-12-23-11-17(18)14-8-15(21)10-16(22)9-14/h3-10,17-19,23H,2,11-12H2,1H3,(H,24,25)/t17-,18+,19-/m0/s1. The maximum absolute atomic E-state index is 12.9. The molecule has 0 radical (unpaired) electrons. The summed E-state index contributed by atoms with van der Waals surface area (Å²) >= 11 is 12.3. The predicted octanol–water partition coefficient (Wildman–Crippen LogP) is 4.56. The van der Waals surface area contributed by atoms with Crippen LogP contribution >= 0.6 is 23.2 Å². The van der Waals surface area contributed by atoms with Crippen molar-refractivity contribution in [1.82, 2.24) is 10.6 Å². The van der Waals surface area contributed by atoms with E-state index in [9.17, 15) is 4.79 Å². The van der Waals surface area contributed by atoms with Crippen LogP contribution in [-0.2, 0) is 4.79 Å². The number of halogens is 2. The van der Waals surface area contributed by atoms with Crippen LogP contribution in [0, 0.1) is 5.92 Å². The third-order valence-corrected chi connectivity index (χ3v) is 5.23. The maximum atomic E-state index is 12.9. The maximum Gasteiger partial charge on any atom is 0.225 e. The van der Waals surface area contributed by atoms with Crippen LogP contribution in [0.5, 0.6) is 0 Å². The van der Waals surface area contributed by atoms with E-state index in [0.717, 1.165) is 24.1 Å². The van der Waals surface area contributed by atoms with Gasteiger partial charge in [0.2, 0.25) is 5.91 Å². The number of amides is 1. The fraction of sp³-hybridized carbons (Fsp3) is 0.350. The van der Waals surface area contributed by atoms with Gasteiger partial charge in [0.05, 0.1) is 12.0 Å². The zero-order chi connectivity index (χ0) is 17.8. The molecule has 2 aromatic rings. The molecule has 0 spiro atoms. The van der Waals surface area contributed by atoms with Crippen molar-refractivity contribution in [1.29, 1.82) is 0 Å². The summed E-state index contributed by atoms with van der Waals surface area (Å²) < 4.78 is 0. The van der Waals surface area contributed by atoms with Crippen molar-refractivity contribution in [2.45, 2.75) is 25.3 Å². The lowest BCUT2D eigenvalue weighted by Gasteiger charge is -2.23. The van der Waals surface area contributed by atoms with Crippen molar-refractivity contribution < 1.29 is 4.79 Å². The first kappa shape index (κ1) is 18.2. The molecule has 1 fully saturated rings. The molecule has 1 aliphatic rings. The van der Waals surface area contributed by atoms with E-state index >= 15 is 0 Å². The Kier molecular flexibility index (Phi) is 6.00. The van der Waals surface area contributed by atoms with E-state index < -0.39 is 0 Å². The molecule has 3 nitrogen and oxygen atoms in total. The van der Waals surface area contributed by atoms with E-state index in [4.69, 9.17) is 23.2 Å². The van der Waals surface area contributed by atoms with E-state index in [2.05, 4.69) is 29.7 Å². The monoisotopic (exact) mass is 376 g/mol. The van der Waals surface area contributed by atoms with Gasteiger partial charge in [-0.2, -0.15) is 0 Å². The highest BCUT2D eigenvalue weighted by atomic mass is 35.5. The molecular formula is C20H22Cl2N2O. The average molecular weight is 377 g/mol. The van der Waals surface area contributed by atoms with Gasteiger partial charge in [-0.25, -0.2) is 0 Å². The van der Waals surface area contributed by atoms with Crippen LogP contribution in [0.3, 0.4) is 0 Å². The number of rotatable bonds is 5. The first-order chi connectivity index (χ1) is 12.1. The number of hydrogen-bond acceptors (Lipinski definition) is 2. The highest BCUT2D eigenvalue weighted by Crippen LogP contribution is 2.32. The van der Waals surface area contributed by atoms with E-state index in [-0.39, 0.29) is 23.8 Å². The molecule has 0 saturated carbocycles. The number of hydrogen-bond donors (Lipinski definition) is 2. The van der Waals surface area contributed by atoms with Gasteiger partial charge in [-0.1, -0.05) is 60.5 Å². The van der Waals surface area contributed by atoms with Crippen LogP contribution in [0.2, 0.25) is 10.0 Å². The van der Waals surface area contributed by atoms with Crippen molar-refractivity contribution in [2.24, 2.45) is 5.92 Å². The van der Waals surface area contributed by atoms with E-state index in [1.54, 1.807) is 6.07 Å². The van der Waals surface area contributed by atoms with Crippen molar-refractivity contribution in [3.05, 3.63) is 69.7 Å². The molecule has 1 saturated heterocycles. The van der Waals surface area contributed by atoms with E-state index in [1.807, 2.05) is 30.3 Å². The fourth-order valence-corrected chi connectivity index (χ4v) is 4.02. The molecule has 2 N–H and O–H groups in total. The third-order valence-electron chi connectivity index (χ3n) is 4.79. The minimum atomic E-state index is -0.132. The largest absolute Gasteiger partial charge is 0.349 e. The molecule has 3 rings (SSSR count). The molecule has 0 aliphatic carbocycles. The molecule has 0 aromatic heterocycles. The van der Waals surface area contributed by atoms with Gasteiger partial charge < -0.3 is 10.6 Å². The minimum Gasteiger partial charge on any atom is -0.349 e. The first-order valence-corrected chi connectivity index (χ1v) is 9.36. The van der Waals surface area contributed by atoms with Gasteiger partial charge in [-0.05, 0) is 35.7 Å². The number of nitrogens with one attached hydrogen (secondary N) is 2. The molecule has 1 heterocycles. The highest BCUT2D eigenvalue weighted by Gasteiger charge is 2.35. The van der Waals surface area contributed by atoms with Crippen molar-refractivity contribution in [3.8, 4) is 0 Å². The van der Waals surface area contributed by atoms with Crippen LogP contribution in [-0.4, -0.2) is 19.0 Å². The third kappa shape index (κ3) is 4.35. The second-order valence-electron chi connectivity index (χ2n) is 6.45. The van der Waals surface area contributed by atoms with Gasteiger partial charge in [-0.3, -0.25) is 4.79 Å². The lowest BCUT2D eigenvalue weighted by Crippen LogP contribution is -2.36. The SMILES string of the molecule is CC[C@H](NC(=O)[C@@H]1CNC[C@H]1c1cc(Cl)cc(Cl)c1)c1ccccc1. The lowest BCUT2D eigenvalue weighted by atomic mass is 9.88. The number of carbonyl (C=O) groups excluding carboxylic acids is 1. The molecule has 1 amide bonds. The summed E-state index contributed by atoms with van der Waals surface area (Å²) in [5.74, 6) is 0.0126. The minimum absolute atomic E-state index is 0.0258. The summed E-state index contributed by atoms with van der Waals surface area (Å²) in [6.45, 7) is 3.49. The Labute approximate surface area is 158 Å². The molecule has 1 aliphatic heterocycles. The van der Waals surface area contributed by atoms with Gasteiger partial charge in [0.25, 0.3) is 0 Å². The van der Waals surface area contributed by atoms with Crippen LogP contribution in [0.4, 0.5) is 0 Å². The van der Waals surface area contributed by atoms with Gasteiger partial charge in [-0.15, -0.1) is 0 Å². The zero-order valence-corrected chi connectivity index (χ0v) is 15.6. The molecule has 3 atom stereocenters. The van der Waals surface area contributed by atoms with Crippen LogP contribution < -0.4 is 10.6 Å².